The highest BCUT2D eigenvalue weighted by Crippen LogP contribution is 2.36. The van der Waals surface area contributed by atoms with Gasteiger partial charge in [0.05, 0.1) is 16.9 Å². The molecule has 0 aliphatic heterocycles. The standard InChI is InChI=1S/C20H29F3N2O/c1-3-12-25(13-4-2)18-11-10-16(20(21,22)23)14-17(18)24-19(26)15-8-6-5-7-9-15/h10-11,14-15H,3-9,12-13H2,1-2H3,(H,24,26). The van der Waals surface area contributed by atoms with Crippen molar-refractivity contribution in [2.45, 2.75) is 65.0 Å². The van der Waals surface area contributed by atoms with Gasteiger partial charge in [-0.15, -0.1) is 0 Å². The third-order valence-corrected chi connectivity index (χ3v) is 4.89. The second-order valence-electron chi connectivity index (χ2n) is 7.04. The van der Waals surface area contributed by atoms with E-state index >= 15 is 0 Å². The predicted molar refractivity (Wildman–Crippen MR) is 99.4 cm³/mol. The van der Waals surface area contributed by atoms with Gasteiger partial charge in [0, 0.05) is 19.0 Å². The first-order chi connectivity index (χ1) is 12.4. The molecule has 1 amide bonds. The van der Waals surface area contributed by atoms with Crippen molar-refractivity contribution in [2.24, 2.45) is 5.92 Å². The second-order valence-corrected chi connectivity index (χ2v) is 7.04. The van der Waals surface area contributed by atoms with Crippen molar-refractivity contribution in [2.75, 3.05) is 23.3 Å². The van der Waals surface area contributed by atoms with Crippen molar-refractivity contribution in [3.05, 3.63) is 23.8 Å². The first-order valence-corrected chi connectivity index (χ1v) is 9.63. The van der Waals surface area contributed by atoms with E-state index in [1.165, 1.54) is 6.07 Å². The molecule has 1 aromatic carbocycles. The summed E-state index contributed by atoms with van der Waals surface area (Å²) in [7, 11) is 0. The highest BCUT2D eigenvalue weighted by molar-refractivity contribution is 5.96. The normalized spacial score (nSPS) is 15.7. The van der Waals surface area contributed by atoms with Gasteiger partial charge < -0.3 is 10.2 Å². The lowest BCUT2D eigenvalue weighted by Crippen LogP contribution is -2.29. The molecule has 0 saturated heterocycles. The van der Waals surface area contributed by atoms with Gasteiger partial charge in [0.15, 0.2) is 0 Å². The van der Waals surface area contributed by atoms with Gasteiger partial charge in [-0.2, -0.15) is 13.2 Å². The number of carbonyl (C=O) groups excluding carboxylic acids is 1. The molecule has 1 aromatic rings. The van der Waals surface area contributed by atoms with Gasteiger partial charge in [-0.3, -0.25) is 4.79 Å². The van der Waals surface area contributed by atoms with E-state index in [1.807, 2.05) is 13.8 Å². The molecular weight excluding hydrogens is 341 g/mol. The van der Waals surface area contributed by atoms with E-state index in [2.05, 4.69) is 10.2 Å². The molecule has 3 nitrogen and oxygen atoms in total. The summed E-state index contributed by atoms with van der Waals surface area (Å²) >= 11 is 0. The summed E-state index contributed by atoms with van der Waals surface area (Å²) < 4.78 is 39.5. The Morgan fingerprint density at radius 1 is 1.12 bits per heavy atom. The second kappa shape index (κ2) is 9.28. The highest BCUT2D eigenvalue weighted by atomic mass is 19.4. The number of rotatable bonds is 7. The van der Waals surface area contributed by atoms with Crippen LogP contribution in [0, 0.1) is 5.92 Å². The molecule has 1 fully saturated rings. The van der Waals surface area contributed by atoms with E-state index in [-0.39, 0.29) is 17.5 Å². The minimum absolute atomic E-state index is 0.100. The molecule has 0 atom stereocenters. The van der Waals surface area contributed by atoms with Gasteiger partial charge in [0.1, 0.15) is 0 Å². The third-order valence-electron chi connectivity index (χ3n) is 4.89. The van der Waals surface area contributed by atoms with Gasteiger partial charge in [-0.25, -0.2) is 0 Å². The van der Waals surface area contributed by atoms with Gasteiger partial charge in [-0.05, 0) is 43.9 Å². The van der Waals surface area contributed by atoms with Crippen LogP contribution < -0.4 is 10.2 Å². The van der Waals surface area contributed by atoms with Crippen molar-refractivity contribution < 1.29 is 18.0 Å². The van der Waals surface area contributed by atoms with Crippen LogP contribution >= 0.6 is 0 Å². The van der Waals surface area contributed by atoms with E-state index < -0.39 is 11.7 Å². The van der Waals surface area contributed by atoms with Crippen LogP contribution in [0.3, 0.4) is 0 Å². The number of hydrogen-bond acceptors (Lipinski definition) is 2. The Bertz CT molecular complexity index is 589. The monoisotopic (exact) mass is 370 g/mol. The Balaban J connectivity index is 2.32. The Morgan fingerprint density at radius 2 is 1.73 bits per heavy atom. The fourth-order valence-corrected chi connectivity index (χ4v) is 3.58. The van der Waals surface area contributed by atoms with Crippen molar-refractivity contribution in [1.82, 2.24) is 0 Å². The predicted octanol–water partition coefficient (Wildman–Crippen LogP) is 5.85. The third kappa shape index (κ3) is 5.39. The summed E-state index contributed by atoms with van der Waals surface area (Å²) in [5, 5.41) is 2.81. The molecule has 6 heteroatoms. The Morgan fingerprint density at radius 3 is 2.27 bits per heavy atom. The first-order valence-electron chi connectivity index (χ1n) is 9.63. The minimum atomic E-state index is -4.43. The van der Waals surface area contributed by atoms with Crippen LogP contribution in [0.4, 0.5) is 24.5 Å². The molecule has 0 radical (unpaired) electrons. The van der Waals surface area contributed by atoms with Crippen molar-refractivity contribution in [1.29, 1.82) is 0 Å². The van der Waals surface area contributed by atoms with Crippen molar-refractivity contribution in [3.63, 3.8) is 0 Å². The highest BCUT2D eigenvalue weighted by Gasteiger charge is 2.32. The molecule has 1 aliphatic rings. The van der Waals surface area contributed by atoms with E-state index in [9.17, 15) is 18.0 Å². The lowest BCUT2D eigenvalue weighted by atomic mass is 9.88. The Hall–Kier alpha value is -1.72. The van der Waals surface area contributed by atoms with Crippen LogP contribution in [0.25, 0.3) is 0 Å². The maximum Gasteiger partial charge on any atom is 0.416 e. The maximum atomic E-state index is 13.2. The van der Waals surface area contributed by atoms with Gasteiger partial charge in [0.2, 0.25) is 5.91 Å². The Labute approximate surface area is 154 Å². The minimum Gasteiger partial charge on any atom is -0.370 e. The molecular formula is C20H29F3N2O. The Kier molecular flexibility index (Phi) is 7.35. The van der Waals surface area contributed by atoms with E-state index in [4.69, 9.17) is 0 Å². The van der Waals surface area contributed by atoms with E-state index in [0.29, 0.717) is 5.69 Å². The van der Waals surface area contributed by atoms with Gasteiger partial charge >= 0.3 is 6.18 Å². The lowest BCUT2D eigenvalue weighted by molar-refractivity contribution is -0.137. The number of nitrogens with zero attached hydrogens (tertiary/aromatic N) is 1. The zero-order chi connectivity index (χ0) is 19.2. The summed E-state index contributed by atoms with van der Waals surface area (Å²) in [6.07, 6.45) is 2.11. The number of alkyl halides is 3. The molecule has 1 aliphatic carbocycles. The largest absolute Gasteiger partial charge is 0.416 e. The van der Waals surface area contributed by atoms with Gasteiger partial charge in [0.25, 0.3) is 0 Å². The molecule has 0 aromatic heterocycles. The average molecular weight is 370 g/mol. The zero-order valence-corrected chi connectivity index (χ0v) is 15.7. The summed E-state index contributed by atoms with van der Waals surface area (Å²) in [5.74, 6) is -0.254. The van der Waals surface area contributed by atoms with Crippen LogP contribution in [0.5, 0.6) is 0 Å². The first kappa shape index (κ1) is 20.6. The average Bonchev–Trinajstić information content (AvgIpc) is 2.61. The molecule has 26 heavy (non-hydrogen) atoms. The quantitative estimate of drug-likeness (QED) is 0.653. The molecule has 0 unspecified atom stereocenters. The SMILES string of the molecule is CCCN(CCC)c1ccc(C(F)(F)F)cc1NC(=O)C1CCCCC1. The number of amides is 1. The zero-order valence-electron chi connectivity index (χ0n) is 15.7. The van der Waals surface area contributed by atoms with Gasteiger partial charge in [-0.1, -0.05) is 33.1 Å². The number of anilines is 2. The van der Waals surface area contributed by atoms with Crippen LogP contribution in [0.2, 0.25) is 0 Å². The van der Waals surface area contributed by atoms with Crippen LogP contribution in [-0.4, -0.2) is 19.0 Å². The van der Waals surface area contributed by atoms with Crippen molar-refractivity contribution in [3.8, 4) is 0 Å². The van der Waals surface area contributed by atoms with Crippen LogP contribution in [-0.2, 0) is 11.0 Å². The summed E-state index contributed by atoms with van der Waals surface area (Å²) in [5.41, 5.74) is 0.219. The lowest BCUT2D eigenvalue weighted by Gasteiger charge is -2.28. The van der Waals surface area contributed by atoms with Crippen molar-refractivity contribution >= 4 is 17.3 Å². The molecule has 1 N–H and O–H groups in total. The smallest absolute Gasteiger partial charge is 0.370 e. The molecule has 1 saturated carbocycles. The fraction of sp³-hybridized carbons (Fsp3) is 0.650. The molecule has 0 spiro atoms. The number of benzene rings is 1. The molecule has 2 rings (SSSR count). The summed E-state index contributed by atoms with van der Waals surface area (Å²) in [6, 6.07) is 3.67. The summed E-state index contributed by atoms with van der Waals surface area (Å²) in [4.78, 5) is 14.7. The van der Waals surface area contributed by atoms with Crippen LogP contribution in [0.15, 0.2) is 18.2 Å². The maximum absolute atomic E-state index is 13.2. The van der Waals surface area contributed by atoms with E-state index in [0.717, 1.165) is 70.2 Å². The number of carbonyl (C=O) groups is 1. The number of hydrogen-bond donors (Lipinski definition) is 1. The molecule has 0 bridgehead atoms. The van der Waals surface area contributed by atoms with E-state index in [1.54, 1.807) is 0 Å². The fourth-order valence-electron chi connectivity index (χ4n) is 3.58. The molecule has 146 valence electrons. The molecule has 0 heterocycles. The summed E-state index contributed by atoms with van der Waals surface area (Å²) in [6.45, 7) is 5.55. The number of nitrogens with one attached hydrogen (secondary N) is 1. The number of halogens is 3. The topological polar surface area (TPSA) is 32.3 Å². The van der Waals surface area contributed by atoms with Crippen LogP contribution in [0.1, 0.15) is 64.4 Å².